The fourth-order valence-electron chi connectivity index (χ4n) is 2.38. The number of anilines is 1. The number of halogens is 3. The molecule has 0 aliphatic carbocycles. The average molecular weight is 302 g/mol. The third kappa shape index (κ3) is 2.45. The molecule has 1 aromatic heterocycles. The largest absolute Gasteiger partial charge is 0.399 e. The summed E-state index contributed by atoms with van der Waals surface area (Å²) in [7, 11) is 0. The van der Waals surface area contributed by atoms with E-state index in [0.29, 0.717) is 16.9 Å². The molecule has 0 radical (unpaired) electrons. The zero-order valence-corrected chi connectivity index (χ0v) is 11.5. The minimum absolute atomic E-state index is 0.0765. The summed E-state index contributed by atoms with van der Waals surface area (Å²) in [4.78, 5) is 0. The van der Waals surface area contributed by atoms with Crippen LogP contribution in [0.25, 0.3) is 16.8 Å². The number of hydrogen-bond donors (Lipinski definition) is 1. The lowest BCUT2D eigenvalue weighted by Crippen LogP contribution is -1.96. The van der Waals surface area contributed by atoms with Gasteiger partial charge in [-0.25, -0.2) is 8.78 Å². The second kappa shape index (κ2) is 5.60. The number of nitrogens with two attached hydrogens (primary N) is 1. The van der Waals surface area contributed by atoms with Crippen molar-refractivity contribution in [3.8, 4) is 16.8 Å². The van der Waals surface area contributed by atoms with Crippen LogP contribution in [0.1, 0.15) is 12.0 Å². The van der Waals surface area contributed by atoms with Gasteiger partial charge in [0.25, 0.3) is 6.43 Å². The van der Waals surface area contributed by atoms with Crippen molar-refractivity contribution < 1.29 is 13.2 Å². The van der Waals surface area contributed by atoms with Crippen LogP contribution in [0.4, 0.5) is 18.9 Å². The molecule has 1 heterocycles. The van der Waals surface area contributed by atoms with Crippen molar-refractivity contribution in [2.24, 2.45) is 0 Å². The van der Waals surface area contributed by atoms with Crippen LogP contribution < -0.4 is 5.73 Å². The Kier molecular flexibility index (Phi) is 3.63. The van der Waals surface area contributed by atoms with Crippen molar-refractivity contribution in [2.75, 3.05) is 5.73 Å². The first kappa shape index (κ1) is 14.3. The van der Waals surface area contributed by atoms with E-state index in [0.717, 1.165) is 10.8 Å². The molecule has 112 valence electrons. The first-order valence-electron chi connectivity index (χ1n) is 6.68. The van der Waals surface area contributed by atoms with E-state index in [9.17, 15) is 13.2 Å². The van der Waals surface area contributed by atoms with Gasteiger partial charge in [-0.1, -0.05) is 30.3 Å². The Hall–Kier alpha value is -2.69. The fourth-order valence-corrected chi connectivity index (χ4v) is 2.38. The number of nitrogens with zero attached hydrogens (tertiary/aromatic N) is 1. The van der Waals surface area contributed by atoms with Gasteiger partial charge in [0.05, 0.1) is 0 Å². The number of rotatable bonds is 3. The number of aromatic nitrogens is 1. The molecule has 0 unspecified atom stereocenters. The lowest BCUT2D eigenvalue weighted by molar-refractivity contribution is 0.152. The first-order chi connectivity index (χ1) is 10.6. The van der Waals surface area contributed by atoms with E-state index in [1.165, 1.54) is 0 Å². The van der Waals surface area contributed by atoms with Crippen LogP contribution in [0, 0.1) is 5.95 Å². The van der Waals surface area contributed by atoms with E-state index < -0.39 is 12.4 Å². The van der Waals surface area contributed by atoms with Gasteiger partial charge in [-0.05, 0) is 29.8 Å². The molecule has 3 aromatic rings. The molecule has 0 aliphatic rings. The quantitative estimate of drug-likeness (QED) is 0.692. The monoisotopic (exact) mass is 302 g/mol. The Labute approximate surface area is 125 Å². The summed E-state index contributed by atoms with van der Waals surface area (Å²) in [5.74, 6) is -0.716. The van der Waals surface area contributed by atoms with Crippen LogP contribution in [0.2, 0.25) is 0 Å². The van der Waals surface area contributed by atoms with Crippen LogP contribution >= 0.6 is 0 Å². The van der Waals surface area contributed by atoms with Gasteiger partial charge < -0.3 is 5.73 Å². The topological polar surface area (TPSA) is 30.9 Å². The summed E-state index contributed by atoms with van der Waals surface area (Å²) in [6.45, 7) is 0. The lowest BCUT2D eigenvalue weighted by Gasteiger charge is -2.05. The maximum absolute atomic E-state index is 14.7. The molecule has 0 aliphatic heterocycles. The Morgan fingerprint density at radius 3 is 2.14 bits per heavy atom. The highest BCUT2D eigenvalue weighted by molar-refractivity contribution is 5.69. The molecule has 0 saturated carbocycles. The van der Waals surface area contributed by atoms with Crippen LogP contribution in [-0.4, -0.2) is 4.57 Å². The Morgan fingerprint density at radius 2 is 1.55 bits per heavy atom. The third-order valence-electron chi connectivity index (χ3n) is 3.44. The molecule has 0 fully saturated rings. The van der Waals surface area contributed by atoms with E-state index in [4.69, 9.17) is 5.73 Å². The van der Waals surface area contributed by atoms with Gasteiger partial charge in [-0.15, -0.1) is 0 Å². The van der Waals surface area contributed by atoms with Crippen LogP contribution in [0.3, 0.4) is 0 Å². The lowest BCUT2D eigenvalue weighted by atomic mass is 10.0. The molecule has 0 amide bonds. The summed E-state index contributed by atoms with van der Waals surface area (Å²) in [6, 6.07) is 14.7. The van der Waals surface area contributed by atoms with E-state index in [2.05, 4.69) is 0 Å². The minimum Gasteiger partial charge on any atom is -0.399 e. The highest BCUT2D eigenvalue weighted by Gasteiger charge is 2.23. The second-order valence-corrected chi connectivity index (χ2v) is 4.88. The summed E-state index contributed by atoms with van der Waals surface area (Å²) >= 11 is 0. The van der Waals surface area contributed by atoms with Gasteiger partial charge in [0.2, 0.25) is 5.95 Å². The number of nitrogen functional groups attached to an aromatic ring is 1. The maximum Gasteiger partial charge on any atom is 0.266 e. The van der Waals surface area contributed by atoms with Crippen LogP contribution in [0.5, 0.6) is 0 Å². The Bertz CT molecular complexity index is 778. The van der Waals surface area contributed by atoms with Gasteiger partial charge >= 0.3 is 0 Å². The van der Waals surface area contributed by atoms with Crippen molar-refractivity contribution in [1.29, 1.82) is 0 Å². The predicted molar refractivity (Wildman–Crippen MR) is 80.5 cm³/mol. The summed E-state index contributed by atoms with van der Waals surface area (Å²) in [5.41, 5.74) is 6.57. The van der Waals surface area contributed by atoms with Crippen molar-refractivity contribution in [2.45, 2.75) is 6.43 Å². The molecule has 0 spiro atoms. The molecular weight excluding hydrogens is 289 g/mol. The highest BCUT2D eigenvalue weighted by Crippen LogP contribution is 2.36. The fraction of sp³-hybridized carbons (Fsp3) is 0.0588. The Balaban J connectivity index is 2.20. The molecule has 2 N–H and O–H groups in total. The maximum atomic E-state index is 14.7. The molecule has 0 bridgehead atoms. The number of benzene rings is 2. The zero-order chi connectivity index (χ0) is 15.7. The standard InChI is InChI=1S/C17H13F3N2/c18-16(19)14-10-22(13-8-6-12(21)7-9-13)17(20)15(14)11-4-2-1-3-5-11/h1-10,16H,21H2. The van der Waals surface area contributed by atoms with E-state index in [1.54, 1.807) is 54.6 Å². The zero-order valence-electron chi connectivity index (χ0n) is 11.5. The first-order valence-corrected chi connectivity index (χ1v) is 6.68. The molecular formula is C17H13F3N2. The van der Waals surface area contributed by atoms with Gasteiger partial charge in [0.15, 0.2) is 0 Å². The van der Waals surface area contributed by atoms with Crippen LogP contribution in [0.15, 0.2) is 60.8 Å². The molecule has 0 saturated heterocycles. The normalized spacial score (nSPS) is 11.1. The molecule has 2 nitrogen and oxygen atoms in total. The van der Waals surface area contributed by atoms with E-state index >= 15 is 0 Å². The van der Waals surface area contributed by atoms with Gasteiger partial charge in [0.1, 0.15) is 0 Å². The average Bonchev–Trinajstić information content (AvgIpc) is 2.87. The Morgan fingerprint density at radius 1 is 0.909 bits per heavy atom. The van der Waals surface area contributed by atoms with E-state index in [-0.39, 0.29) is 11.1 Å². The van der Waals surface area contributed by atoms with Crippen molar-refractivity contribution in [3.63, 3.8) is 0 Å². The summed E-state index contributed by atoms with van der Waals surface area (Å²) < 4.78 is 42.4. The number of hydrogen-bond acceptors (Lipinski definition) is 1. The number of alkyl halides is 2. The van der Waals surface area contributed by atoms with Crippen molar-refractivity contribution >= 4 is 5.69 Å². The van der Waals surface area contributed by atoms with Crippen molar-refractivity contribution in [1.82, 2.24) is 4.57 Å². The molecule has 3 rings (SSSR count). The van der Waals surface area contributed by atoms with Gasteiger partial charge in [-0.2, -0.15) is 4.39 Å². The van der Waals surface area contributed by atoms with Gasteiger partial charge in [0, 0.05) is 28.7 Å². The highest BCUT2D eigenvalue weighted by atomic mass is 19.3. The molecule has 22 heavy (non-hydrogen) atoms. The van der Waals surface area contributed by atoms with E-state index in [1.807, 2.05) is 0 Å². The predicted octanol–water partition coefficient (Wildman–Crippen LogP) is 4.80. The van der Waals surface area contributed by atoms with Crippen LogP contribution in [-0.2, 0) is 0 Å². The third-order valence-corrected chi connectivity index (χ3v) is 3.44. The summed E-state index contributed by atoms with van der Waals surface area (Å²) in [6.07, 6.45) is -1.63. The second-order valence-electron chi connectivity index (χ2n) is 4.88. The molecule has 5 heteroatoms. The minimum atomic E-state index is -2.76. The smallest absolute Gasteiger partial charge is 0.266 e. The molecule has 0 atom stereocenters. The SMILES string of the molecule is Nc1ccc(-n2cc(C(F)F)c(-c3ccccc3)c2F)cc1. The molecule has 2 aromatic carbocycles. The summed E-state index contributed by atoms with van der Waals surface area (Å²) in [5, 5.41) is 0. The van der Waals surface area contributed by atoms with Gasteiger partial charge in [-0.3, -0.25) is 4.57 Å². The van der Waals surface area contributed by atoms with Crippen molar-refractivity contribution in [3.05, 3.63) is 72.3 Å².